The molecule has 2 saturated carbocycles. The fraction of sp³-hybridized carbons (Fsp3) is 0.464. The number of alkyl halides is 3. The molecular formula is C28H30F3N3O5. The van der Waals surface area contributed by atoms with Crippen molar-refractivity contribution in [2.75, 3.05) is 25.6 Å². The van der Waals surface area contributed by atoms with Crippen LogP contribution in [-0.4, -0.2) is 66.9 Å². The molecule has 0 N–H and O–H groups in total. The number of para-hydroxylation sites is 1. The van der Waals surface area contributed by atoms with E-state index >= 15 is 0 Å². The molecule has 3 atom stereocenters. The number of hydrogen-bond donors (Lipinski definition) is 0. The van der Waals surface area contributed by atoms with Gasteiger partial charge in [-0.3, -0.25) is 9.59 Å². The summed E-state index contributed by atoms with van der Waals surface area (Å²) in [6, 6.07) is 11.7. The largest absolute Gasteiger partial charge is 0.573 e. The summed E-state index contributed by atoms with van der Waals surface area (Å²) in [4.78, 5) is 44.5. The Morgan fingerprint density at radius 3 is 2.33 bits per heavy atom. The number of hydrogen-bond acceptors (Lipinski definition) is 5. The van der Waals surface area contributed by atoms with Crippen molar-refractivity contribution >= 4 is 23.6 Å². The summed E-state index contributed by atoms with van der Waals surface area (Å²) in [6.45, 7) is -0.167. The van der Waals surface area contributed by atoms with Crippen LogP contribution in [0.4, 0.5) is 23.7 Å². The Morgan fingerprint density at radius 2 is 1.69 bits per heavy atom. The third kappa shape index (κ3) is 5.39. The van der Waals surface area contributed by atoms with Crippen molar-refractivity contribution in [2.45, 2.75) is 56.6 Å². The van der Waals surface area contributed by atoms with E-state index in [4.69, 9.17) is 4.74 Å². The molecule has 3 aliphatic rings. The molecule has 2 aromatic rings. The van der Waals surface area contributed by atoms with E-state index in [1.165, 1.54) is 24.1 Å². The van der Waals surface area contributed by atoms with Crippen molar-refractivity contribution in [1.82, 2.24) is 9.80 Å². The molecule has 1 aliphatic heterocycles. The summed E-state index contributed by atoms with van der Waals surface area (Å²) < 4.78 is 46.5. The first-order valence-electron chi connectivity index (χ1n) is 13.0. The highest BCUT2D eigenvalue weighted by molar-refractivity contribution is 6.07. The molecule has 39 heavy (non-hydrogen) atoms. The minimum absolute atomic E-state index is 0.0345. The van der Waals surface area contributed by atoms with Crippen LogP contribution >= 0.6 is 0 Å². The van der Waals surface area contributed by atoms with Gasteiger partial charge in [-0.05, 0) is 61.6 Å². The molecule has 11 heteroatoms. The van der Waals surface area contributed by atoms with E-state index in [9.17, 15) is 27.6 Å². The van der Waals surface area contributed by atoms with Crippen molar-refractivity contribution < 1.29 is 37.0 Å². The lowest BCUT2D eigenvalue weighted by atomic mass is 9.81. The molecular weight excluding hydrogens is 515 g/mol. The predicted molar refractivity (Wildman–Crippen MR) is 135 cm³/mol. The lowest BCUT2D eigenvalue weighted by Crippen LogP contribution is -2.55. The molecule has 0 aromatic heterocycles. The van der Waals surface area contributed by atoms with Crippen molar-refractivity contribution in [1.29, 1.82) is 0 Å². The summed E-state index contributed by atoms with van der Waals surface area (Å²) in [7, 11) is 2.86. The molecule has 2 fully saturated rings. The van der Waals surface area contributed by atoms with E-state index in [2.05, 4.69) is 4.74 Å². The minimum Gasteiger partial charge on any atom is -0.468 e. The average Bonchev–Trinajstić information content (AvgIpc) is 3.62. The van der Waals surface area contributed by atoms with Crippen LogP contribution in [-0.2, 0) is 9.53 Å². The number of nitrogens with zero attached hydrogens (tertiary/aromatic N) is 3. The van der Waals surface area contributed by atoms with Gasteiger partial charge in [0.2, 0.25) is 0 Å². The van der Waals surface area contributed by atoms with E-state index in [1.807, 2.05) is 29.2 Å². The summed E-state index contributed by atoms with van der Waals surface area (Å²) in [5, 5.41) is 0. The molecule has 2 aliphatic carbocycles. The Labute approximate surface area is 224 Å². The maximum absolute atomic E-state index is 13.8. The average molecular weight is 546 g/mol. The Hall–Kier alpha value is -3.76. The molecule has 8 nitrogen and oxygen atoms in total. The Bertz CT molecular complexity index is 1250. The predicted octanol–water partition coefficient (Wildman–Crippen LogP) is 5.14. The number of rotatable bonds is 6. The number of carbonyl (C=O) groups excluding carboxylic acids is 3. The van der Waals surface area contributed by atoms with Gasteiger partial charge in [0.05, 0.1) is 13.2 Å². The summed E-state index contributed by atoms with van der Waals surface area (Å²) in [6.07, 6.45) is -0.679. The molecule has 3 unspecified atom stereocenters. The number of urea groups is 1. The molecule has 0 bridgehead atoms. The molecule has 0 radical (unpaired) electrons. The topological polar surface area (TPSA) is 79.4 Å². The van der Waals surface area contributed by atoms with Gasteiger partial charge in [-0.25, -0.2) is 4.79 Å². The smallest absolute Gasteiger partial charge is 0.468 e. The van der Waals surface area contributed by atoms with Gasteiger partial charge in [0.15, 0.2) is 0 Å². The summed E-state index contributed by atoms with van der Waals surface area (Å²) in [5.74, 6) is -1.25. The van der Waals surface area contributed by atoms with Gasteiger partial charge in [0.1, 0.15) is 12.3 Å². The molecule has 2 aromatic carbocycles. The number of halogens is 3. The number of methoxy groups -OCH3 is 1. The second-order valence-electron chi connectivity index (χ2n) is 10.3. The number of ether oxygens (including phenoxy) is 2. The molecule has 1 heterocycles. The first-order chi connectivity index (χ1) is 18.6. The van der Waals surface area contributed by atoms with Crippen LogP contribution in [0.25, 0.3) is 0 Å². The maximum atomic E-state index is 13.8. The fourth-order valence-electron chi connectivity index (χ4n) is 5.96. The lowest BCUT2D eigenvalue weighted by Gasteiger charge is -2.48. The highest BCUT2D eigenvalue weighted by atomic mass is 19.4. The Kier molecular flexibility index (Phi) is 7.17. The Morgan fingerprint density at radius 1 is 1.00 bits per heavy atom. The van der Waals surface area contributed by atoms with E-state index in [0.717, 1.165) is 49.8 Å². The molecule has 3 amide bonds. The number of amides is 3. The van der Waals surface area contributed by atoms with E-state index in [-0.39, 0.29) is 48.1 Å². The fourth-order valence-corrected chi connectivity index (χ4v) is 5.96. The second-order valence-corrected chi connectivity index (χ2v) is 10.3. The third-order valence-corrected chi connectivity index (χ3v) is 7.72. The number of esters is 1. The number of fused-ring (bicyclic) bond motifs is 2. The summed E-state index contributed by atoms with van der Waals surface area (Å²) >= 11 is 0. The van der Waals surface area contributed by atoms with E-state index in [1.54, 1.807) is 11.9 Å². The van der Waals surface area contributed by atoms with Gasteiger partial charge in [-0.2, -0.15) is 0 Å². The van der Waals surface area contributed by atoms with Crippen LogP contribution in [0.3, 0.4) is 0 Å². The Balaban J connectivity index is 1.49. The zero-order chi connectivity index (χ0) is 27.9. The molecule has 0 spiro atoms. The highest BCUT2D eigenvalue weighted by Gasteiger charge is 2.52. The van der Waals surface area contributed by atoms with Crippen LogP contribution in [0.5, 0.6) is 5.75 Å². The monoisotopic (exact) mass is 545 g/mol. The normalized spacial score (nSPS) is 22.0. The summed E-state index contributed by atoms with van der Waals surface area (Å²) in [5.41, 5.74) is 1.77. The molecule has 0 saturated heterocycles. The van der Waals surface area contributed by atoms with Crippen molar-refractivity contribution in [3.8, 4) is 5.75 Å². The van der Waals surface area contributed by atoms with Crippen molar-refractivity contribution in [3.05, 3.63) is 59.7 Å². The van der Waals surface area contributed by atoms with Crippen LogP contribution in [0.2, 0.25) is 0 Å². The van der Waals surface area contributed by atoms with Crippen LogP contribution < -0.4 is 9.64 Å². The van der Waals surface area contributed by atoms with E-state index < -0.39 is 18.1 Å². The van der Waals surface area contributed by atoms with Gasteiger partial charge in [0, 0.05) is 36.3 Å². The molecule has 5 rings (SSSR count). The first-order valence-corrected chi connectivity index (χ1v) is 13.0. The zero-order valence-electron chi connectivity index (χ0n) is 21.7. The number of anilines is 1. The van der Waals surface area contributed by atoms with Crippen molar-refractivity contribution in [2.24, 2.45) is 5.92 Å². The minimum atomic E-state index is -4.82. The van der Waals surface area contributed by atoms with E-state index in [0.29, 0.717) is 5.69 Å². The van der Waals surface area contributed by atoms with Crippen LogP contribution in [0.15, 0.2) is 48.5 Å². The number of likely N-dealkylation sites (N-methyl/N-ethyl adjacent to an activating group) is 1. The van der Waals surface area contributed by atoms with Gasteiger partial charge in [0.25, 0.3) is 5.91 Å². The van der Waals surface area contributed by atoms with Crippen LogP contribution in [0.1, 0.15) is 54.1 Å². The zero-order valence-corrected chi connectivity index (χ0v) is 21.7. The van der Waals surface area contributed by atoms with Gasteiger partial charge in [-0.1, -0.05) is 24.6 Å². The standard InChI is InChI=1S/C28H30F3N3O5/c1-32(16-24(35)38-2)27(37)33(18-12-13-18)25-20-6-3-4-8-22(20)34(23-9-5-7-21(23)25)26(36)17-10-14-19(15-11-17)39-28(29,30)31/h3-4,6,8,10-11,14-15,18,21,23,25H,5,7,9,12-13,16H2,1-2H3. The number of benzene rings is 2. The third-order valence-electron chi connectivity index (χ3n) is 7.72. The SMILES string of the molecule is COC(=O)CN(C)C(=O)N(C1CC1)C1c2ccccc2N(C(=O)c2ccc(OC(F)(F)F)cc2)C2CCCC21. The lowest BCUT2D eigenvalue weighted by molar-refractivity contribution is -0.274. The second kappa shape index (κ2) is 10.4. The van der Waals surface area contributed by atoms with Gasteiger partial charge < -0.3 is 24.2 Å². The van der Waals surface area contributed by atoms with Crippen LogP contribution in [0, 0.1) is 5.92 Å². The molecule has 208 valence electrons. The number of carbonyl (C=O) groups is 3. The highest BCUT2D eigenvalue weighted by Crippen LogP contribution is 2.53. The maximum Gasteiger partial charge on any atom is 0.573 e. The first kappa shape index (κ1) is 26.8. The van der Waals surface area contributed by atoms with Gasteiger partial charge in [-0.15, -0.1) is 13.2 Å². The van der Waals surface area contributed by atoms with Gasteiger partial charge >= 0.3 is 18.4 Å². The quantitative estimate of drug-likeness (QED) is 0.470. The van der Waals surface area contributed by atoms with Crippen molar-refractivity contribution in [3.63, 3.8) is 0 Å².